The number of phenols is 1. The summed E-state index contributed by atoms with van der Waals surface area (Å²) in [6.45, 7) is 6.17. The molecule has 1 aromatic rings. The summed E-state index contributed by atoms with van der Waals surface area (Å²) in [4.78, 5) is 11.7. The van der Waals surface area contributed by atoms with Gasteiger partial charge in [0.15, 0.2) is 0 Å². The first-order valence-corrected chi connectivity index (χ1v) is 5.16. The number of phenolic OH excluding ortho intramolecular Hbond substituents is 1. The van der Waals surface area contributed by atoms with Crippen LogP contribution >= 0.6 is 0 Å². The number of Topliss-reactive ketones (excluding diaryl/α,β-unsaturated/α-hetero) is 1. The zero-order chi connectivity index (χ0) is 11.5. The maximum Gasteiger partial charge on any atom is 0.137 e. The van der Waals surface area contributed by atoms with Gasteiger partial charge in [0, 0.05) is 12.8 Å². The zero-order valence-corrected chi connectivity index (χ0v) is 9.58. The van der Waals surface area contributed by atoms with Gasteiger partial charge in [0.25, 0.3) is 0 Å². The third kappa shape index (κ3) is 4.63. The lowest BCUT2D eigenvalue weighted by Gasteiger charge is -2.16. The molecule has 0 heterocycles. The predicted octanol–water partition coefficient (Wildman–Crippen LogP) is 2.94. The number of carbonyl (C=O) groups excluding carboxylic acids is 1. The van der Waals surface area contributed by atoms with Gasteiger partial charge in [0.05, 0.1) is 0 Å². The fourth-order valence-electron chi connectivity index (χ4n) is 1.50. The topological polar surface area (TPSA) is 37.3 Å². The first-order chi connectivity index (χ1) is 6.87. The minimum Gasteiger partial charge on any atom is -0.508 e. The standard InChI is InChI=1S/C13H18O2/c1-13(2,3)9-12(15)8-10-4-6-11(14)7-5-10/h4-7,14H,8-9H2,1-3H3. The summed E-state index contributed by atoms with van der Waals surface area (Å²) in [6.07, 6.45) is 1.05. The maximum absolute atomic E-state index is 11.7. The second-order valence-electron chi connectivity index (χ2n) is 5.12. The van der Waals surface area contributed by atoms with E-state index in [4.69, 9.17) is 5.11 Å². The molecular weight excluding hydrogens is 188 g/mol. The van der Waals surface area contributed by atoms with Crippen molar-refractivity contribution in [3.8, 4) is 5.75 Å². The molecule has 0 unspecified atom stereocenters. The van der Waals surface area contributed by atoms with Crippen LogP contribution in [0.2, 0.25) is 0 Å². The van der Waals surface area contributed by atoms with Crippen molar-refractivity contribution in [1.82, 2.24) is 0 Å². The molecule has 0 atom stereocenters. The normalized spacial score (nSPS) is 11.4. The third-order valence-electron chi connectivity index (χ3n) is 2.07. The van der Waals surface area contributed by atoms with E-state index in [2.05, 4.69) is 20.8 Å². The number of carbonyl (C=O) groups is 1. The second kappa shape index (κ2) is 4.47. The van der Waals surface area contributed by atoms with Crippen molar-refractivity contribution < 1.29 is 9.90 Å². The Morgan fingerprint density at radius 3 is 2.20 bits per heavy atom. The molecule has 0 saturated heterocycles. The van der Waals surface area contributed by atoms with Gasteiger partial charge >= 0.3 is 0 Å². The summed E-state index contributed by atoms with van der Waals surface area (Å²) in [5.41, 5.74) is 1.01. The van der Waals surface area contributed by atoms with Crippen LogP contribution in [0.15, 0.2) is 24.3 Å². The molecule has 1 aromatic carbocycles. The Morgan fingerprint density at radius 2 is 1.73 bits per heavy atom. The van der Waals surface area contributed by atoms with Crippen molar-refractivity contribution in [2.45, 2.75) is 33.6 Å². The minimum absolute atomic E-state index is 0.0496. The van der Waals surface area contributed by atoms with E-state index < -0.39 is 0 Å². The molecule has 15 heavy (non-hydrogen) atoms. The van der Waals surface area contributed by atoms with Crippen molar-refractivity contribution in [3.63, 3.8) is 0 Å². The summed E-state index contributed by atoms with van der Waals surface area (Å²) in [6, 6.07) is 6.80. The Morgan fingerprint density at radius 1 is 1.20 bits per heavy atom. The summed E-state index contributed by atoms with van der Waals surface area (Å²) >= 11 is 0. The molecule has 1 N–H and O–H groups in total. The highest BCUT2D eigenvalue weighted by Crippen LogP contribution is 2.20. The Hall–Kier alpha value is -1.31. The summed E-state index contributed by atoms with van der Waals surface area (Å²) in [7, 11) is 0. The number of rotatable bonds is 3. The second-order valence-corrected chi connectivity index (χ2v) is 5.12. The van der Waals surface area contributed by atoms with Crippen molar-refractivity contribution in [2.75, 3.05) is 0 Å². The monoisotopic (exact) mass is 206 g/mol. The molecule has 2 heteroatoms. The van der Waals surface area contributed by atoms with Gasteiger partial charge in [-0.25, -0.2) is 0 Å². The van der Waals surface area contributed by atoms with Crippen molar-refractivity contribution in [3.05, 3.63) is 29.8 Å². The largest absolute Gasteiger partial charge is 0.508 e. The van der Waals surface area contributed by atoms with Gasteiger partial charge in [-0.2, -0.15) is 0 Å². The van der Waals surface area contributed by atoms with Crippen LogP contribution in [-0.2, 0) is 11.2 Å². The summed E-state index contributed by atoms with van der Waals surface area (Å²) in [5.74, 6) is 0.482. The summed E-state index contributed by atoms with van der Waals surface area (Å²) < 4.78 is 0. The van der Waals surface area contributed by atoms with E-state index in [1.807, 2.05) is 0 Å². The van der Waals surface area contributed by atoms with Gasteiger partial charge in [-0.05, 0) is 23.1 Å². The van der Waals surface area contributed by atoms with Crippen LogP contribution in [0.3, 0.4) is 0 Å². The molecule has 0 aliphatic rings. The number of benzene rings is 1. The molecule has 0 spiro atoms. The van der Waals surface area contributed by atoms with E-state index in [-0.39, 0.29) is 16.9 Å². The predicted molar refractivity (Wildman–Crippen MR) is 60.9 cm³/mol. The van der Waals surface area contributed by atoms with E-state index in [9.17, 15) is 4.79 Å². The first kappa shape index (κ1) is 11.8. The molecular formula is C13H18O2. The Kier molecular flexibility index (Phi) is 3.51. The smallest absolute Gasteiger partial charge is 0.137 e. The van der Waals surface area contributed by atoms with Crippen LogP contribution in [0.4, 0.5) is 0 Å². The van der Waals surface area contributed by atoms with Gasteiger partial charge in [-0.1, -0.05) is 32.9 Å². The average molecular weight is 206 g/mol. The van der Waals surface area contributed by atoms with E-state index in [0.717, 1.165) is 5.56 Å². The van der Waals surface area contributed by atoms with Crippen LogP contribution in [0.5, 0.6) is 5.75 Å². The lowest BCUT2D eigenvalue weighted by Crippen LogP contribution is -2.14. The SMILES string of the molecule is CC(C)(C)CC(=O)Cc1ccc(O)cc1. The molecule has 0 radical (unpaired) electrons. The lowest BCUT2D eigenvalue weighted by molar-refractivity contribution is -0.120. The maximum atomic E-state index is 11.7. The highest BCUT2D eigenvalue weighted by Gasteiger charge is 2.15. The Balaban J connectivity index is 2.55. The van der Waals surface area contributed by atoms with E-state index in [1.165, 1.54) is 0 Å². The zero-order valence-electron chi connectivity index (χ0n) is 9.58. The van der Waals surface area contributed by atoms with E-state index in [0.29, 0.717) is 12.8 Å². The molecule has 0 aliphatic heterocycles. The first-order valence-electron chi connectivity index (χ1n) is 5.16. The molecule has 82 valence electrons. The highest BCUT2D eigenvalue weighted by atomic mass is 16.3. The quantitative estimate of drug-likeness (QED) is 0.825. The molecule has 0 aliphatic carbocycles. The van der Waals surface area contributed by atoms with E-state index in [1.54, 1.807) is 24.3 Å². The average Bonchev–Trinajstić information content (AvgIpc) is 2.05. The van der Waals surface area contributed by atoms with Crippen molar-refractivity contribution in [2.24, 2.45) is 5.41 Å². The third-order valence-corrected chi connectivity index (χ3v) is 2.07. The molecule has 0 saturated carbocycles. The summed E-state index contributed by atoms with van der Waals surface area (Å²) in [5, 5.41) is 9.09. The number of ketones is 1. The molecule has 0 fully saturated rings. The number of hydrogen-bond donors (Lipinski definition) is 1. The molecule has 0 aromatic heterocycles. The van der Waals surface area contributed by atoms with Crippen LogP contribution in [0.25, 0.3) is 0 Å². The van der Waals surface area contributed by atoms with Crippen LogP contribution in [0, 0.1) is 5.41 Å². The Labute approximate surface area is 90.9 Å². The van der Waals surface area contributed by atoms with Crippen LogP contribution in [-0.4, -0.2) is 10.9 Å². The highest BCUT2D eigenvalue weighted by molar-refractivity contribution is 5.81. The van der Waals surface area contributed by atoms with Crippen molar-refractivity contribution >= 4 is 5.78 Å². The fourth-order valence-corrected chi connectivity index (χ4v) is 1.50. The van der Waals surface area contributed by atoms with Gasteiger partial charge in [-0.3, -0.25) is 4.79 Å². The molecule has 0 amide bonds. The fraction of sp³-hybridized carbons (Fsp3) is 0.462. The van der Waals surface area contributed by atoms with Gasteiger partial charge in [0.1, 0.15) is 11.5 Å². The molecule has 2 nitrogen and oxygen atoms in total. The van der Waals surface area contributed by atoms with Crippen molar-refractivity contribution in [1.29, 1.82) is 0 Å². The van der Waals surface area contributed by atoms with E-state index >= 15 is 0 Å². The molecule has 1 rings (SSSR count). The van der Waals surface area contributed by atoms with Gasteiger partial charge in [-0.15, -0.1) is 0 Å². The minimum atomic E-state index is 0.0496. The van der Waals surface area contributed by atoms with Gasteiger partial charge < -0.3 is 5.11 Å². The van der Waals surface area contributed by atoms with Gasteiger partial charge in [0.2, 0.25) is 0 Å². The Bertz CT molecular complexity index is 331. The lowest BCUT2D eigenvalue weighted by atomic mass is 9.88. The number of hydrogen-bond acceptors (Lipinski definition) is 2. The molecule has 0 bridgehead atoms. The van der Waals surface area contributed by atoms with Crippen LogP contribution in [0.1, 0.15) is 32.8 Å². The number of aromatic hydroxyl groups is 1. The van der Waals surface area contributed by atoms with Crippen LogP contribution < -0.4 is 0 Å².